The fraction of sp³-hybridized carbons (Fsp3) is 0.455. The molecule has 0 aliphatic carbocycles. The molecule has 0 aliphatic heterocycles. The van der Waals surface area contributed by atoms with Crippen LogP contribution in [0, 0.1) is 0 Å². The van der Waals surface area contributed by atoms with E-state index < -0.39 is 48.3 Å². The summed E-state index contributed by atoms with van der Waals surface area (Å²) in [6.07, 6.45) is -11.2. The first kappa shape index (κ1) is 18.0. The van der Waals surface area contributed by atoms with Gasteiger partial charge in [-0.15, -0.1) is 13.2 Å². The Morgan fingerprint density at radius 1 is 1.27 bits per heavy atom. The van der Waals surface area contributed by atoms with E-state index in [1.807, 2.05) is 0 Å². The predicted octanol–water partition coefficient (Wildman–Crippen LogP) is 2.17. The molecule has 1 aromatic heterocycles. The van der Waals surface area contributed by atoms with Gasteiger partial charge in [0.25, 0.3) is 0 Å². The van der Waals surface area contributed by atoms with Crippen molar-refractivity contribution < 1.29 is 40.6 Å². The van der Waals surface area contributed by atoms with Gasteiger partial charge in [0.05, 0.1) is 25.4 Å². The van der Waals surface area contributed by atoms with Gasteiger partial charge in [-0.1, -0.05) is 0 Å². The molecule has 0 saturated heterocycles. The van der Waals surface area contributed by atoms with E-state index in [0.717, 1.165) is 7.11 Å². The third-order valence-corrected chi connectivity index (χ3v) is 2.49. The third kappa shape index (κ3) is 4.48. The van der Waals surface area contributed by atoms with Crippen molar-refractivity contribution in [3.05, 3.63) is 23.0 Å². The molecule has 0 spiro atoms. The number of aromatic nitrogens is 1. The number of pyridine rings is 1. The molecule has 0 amide bonds. The summed E-state index contributed by atoms with van der Waals surface area (Å²) in [4.78, 5) is 14.6. The van der Waals surface area contributed by atoms with Crippen LogP contribution in [-0.4, -0.2) is 24.4 Å². The quantitative estimate of drug-likeness (QED) is 0.676. The Labute approximate surface area is 120 Å². The van der Waals surface area contributed by atoms with Crippen molar-refractivity contribution in [2.45, 2.75) is 25.5 Å². The molecule has 1 rings (SSSR count). The van der Waals surface area contributed by atoms with Crippen LogP contribution in [0.3, 0.4) is 0 Å². The summed E-state index contributed by atoms with van der Waals surface area (Å²) in [5.41, 5.74) is 2.26. The molecular formula is C11H10F6N2O3. The van der Waals surface area contributed by atoms with Gasteiger partial charge in [-0.05, 0) is 0 Å². The zero-order valence-electron chi connectivity index (χ0n) is 11.0. The summed E-state index contributed by atoms with van der Waals surface area (Å²) in [5.74, 6) is -2.65. The highest BCUT2D eigenvalue weighted by Gasteiger charge is 2.42. The Hall–Kier alpha value is -2.04. The van der Waals surface area contributed by atoms with Crippen molar-refractivity contribution in [2.24, 2.45) is 5.73 Å². The SMILES string of the molecule is COC(=O)Cc1c(CN)ncc(OC(F)(F)F)c1C(F)(F)F. The van der Waals surface area contributed by atoms with E-state index in [0.29, 0.717) is 0 Å². The van der Waals surface area contributed by atoms with Crippen LogP contribution in [0.5, 0.6) is 5.75 Å². The summed E-state index contributed by atoms with van der Waals surface area (Å²) >= 11 is 0. The Morgan fingerprint density at radius 2 is 1.86 bits per heavy atom. The van der Waals surface area contributed by atoms with Crippen molar-refractivity contribution >= 4 is 5.97 Å². The zero-order chi connectivity index (χ0) is 17.1. The lowest BCUT2D eigenvalue weighted by molar-refractivity contribution is -0.276. The summed E-state index contributed by atoms with van der Waals surface area (Å²) in [7, 11) is 0.918. The average molecular weight is 332 g/mol. The van der Waals surface area contributed by atoms with Gasteiger partial charge in [-0.3, -0.25) is 9.78 Å². The van der Waals surface area contributed by atoms with Crippen LogP contribution in [0.4, 0.5) is 26.3 Å². The van der Waals surface area contributed by atoms with Gasteiger partial charge in [0.2, 0.25) is 0 Å². The standard InChI is InChI=1S/C11H10F6N2O3/c1-21-8(20)2-5-6(3-18)19-4-7(22-11(15,16)17)9(5)10(12,13)14/h4H,2-3,18H2,1H3. The number of carbonyl (C=O) groups is 1. The number of methoxy groups -OCH3 is 1. The van der Waals surface area contributed by atoms with Crippen LogP contribution < -0.4 is 10.5 Å². The lowest BCUT2D eigenvalue weighted by Crippen LogP contribution is -2.24. The minimum Gasteiger partial charge on any atom is -0.469 e. The third-order valence-electron chi connectivity index (χ3n) is 2.49. The minimum atomic E-state index is -5.35. The van der Waals surface area contributed by atoms with E-state index in [-0.39, 0.29) is 11.9 Å². The number of alkyl halides is 6. The van der Waals surface area contributed by atoms with Crippen LogP contribution in [0.15, 0.2) is 6.20 Å². The highest BCUT2D eigenvalue weighted by molar-refractivity contribution is 5.73. The largest absolute Gasteiger partial charge is 0.573 e. The van der Waals surface area contributed by atoms with Crippen molar-refractivity contribution in [3.8, 4) is 5.75 Å². The fourth-order valence-electron chi connectivity index (χ4n) is 1.67. The topological polar surface area (TPSA) is 74.4 Å². The second kappa shape index (κ2) is 6.38. The summed E-state index contributed by atoms with van der Waals surface area (Å²) in [5, 5.41) is 0. The van der Waals surface area contributed by atoms with Crippen LogP contribution in [0.1, 0.15) is 16.8 Å². The molecular weight excluding hydrogens is 322 g/mol. The Morgan fingerprint density at radius 3 is 2.27 bits per heavy atom. The van der Waals surface area contributed by atoms with Gasteiger partial charge >= 0.3 is 18.5 Å². The molecule has 0 aromatic carbocycles. The maximum atomic E-state index is 13.1. The molecule has 22 heavy (non-hydrogen) atoms. The van der Waals surface area contributed by atoms with Crippen molar-refractivity contribution in [1.82, 2.24) is 4.98 Å². The number of halogens is 6. The molecule has 0 bridgehead atoms. The molecule has 11 heteroatoms. The smallest absolute Gasteiger partial charge is 0.469 e. The zero-order valence-corrected chi connectivity index (χ0v) is 11.0. The van der Waals surface area contributed by atoms with E-state index in [1.54, 1.807) is 0 Å². The van der Waals surface area contributed by atoms with Crippen molar-refractivity contribution in [1.29, 1.82) is 0 Å². The lowest BCUT2D eigenvalue weighted by atomic mass is 10.0. The second-order valence-electron chi connectivity index (χ2n) is 3.93. The molecule has 0 radical (unpaired) electrons. The molecule has 0 unspecified atom stereocenters. The highest BCUT2D eigenvalue weighted by Crippen LogP contribution is 2.41. The number of hydrogen-bond donors (Lipinski definition) is 1. The molecule has 0 aliphatic rings. The van der Waals surface area contributed by atoms with Gasteiger partial charge in [-0.2, -0.15) is 13.2 Å². The van der Waals surface area contributed by atoms with E-state index in [9.17, 15) is 31.1 Å². The Bertz CT molecular complexity index is 556. The highest BCUT2D eigenvalue weighted by atomic mass is 19.4. The molecule has 2 N–H and O–H groups in total. The number of hydrogen-bond acceptors (Lipinski definition) is 5. The Kier molecular flexibility index (Phi) is 5.22. The summed E-state index contributed by atoms with van der Waals surface area (Å²) in [6.45, 7) is -0.512. The Balaban J connectivity index is 3.54. The van der Waals surface area contributed by atoms with E-state index >= 15 is 0 Å². The number of carbonyl (C=O) groups excluding carboxylic acids is 1. The molecule has 5 nitrogen and oxygen atoms in total. The number of nitrogens with zero attached hydrogens (tertiary/aromatic N) is 1. The molecule has 124 valence electrons. The fourth-order valence-corrected chi connectivity index (χ4v) is 1.67. The monoisotopic (exact) mass is 332 g/mol. The molecule has 0 fully saturated rings. The first-order valence-corrected chi connectivity index (χ1v) is 5.60. The van der Waals surface area contributed by atoms with Gasteiger partial charge in [-0.25, -0.2) is 0 Å². The number of esters is 1. The predicted molar refractivity (Wildman–Crippen MR) is 59.5 cm³/mol. The van der Waals surface area contributed by atoms with Gasteiger partial charge in [0.15, 0.2) is 5.75 Å². The number of ether oxygens (including phenoxy) is 2. The number of rotatable bonds is 4. The second-order valence-corrected chi connectivity index (χ2v) is 3.93. The molecule has 1 aromatic rings. The van der Waals surface area contributed by atoms with Crippen LogP contribution in [0.25, 0.3) is 0 Å². The van der Waals surface area contributed by atoms with Gasteiger partial charge in [0, 0.05) is 12.1 Å². The first-order valence-electron chi connectivity index (χ1n) is 5.60. The maximum absolute atomic E-state index is 13.1. The maximum Gasteiger partial charge on any atom is 0.573 e. The lowest BCUT2D eigenvalue weighted by Gasteiger charge is -2.19. The van der Waals surface area contributed by atoms with Crippen molar-refractivity contribution in [2.75, 3.05) is 7.11 Å². The normalized spacial score (nSPS) is 12.2. The van der Waals surface area contributed by atoms with Crippen LogP contribution in [-0.2, 0) is 28.7 Å². The summed E-state index contributed by atoms with van der Waals surface area (Å²) in [6, 6.07) is 0. The molecule has 1 heterocycles. The van der Waals surface area contributed by atoms with Crippen LogP contribution in [0.2, 0.25) is 0 Å². The average Bonchev–Trinajstić information content (AvgIpc) is 2.35. The summed E-state index contributed by atoms with van der Waals surface area (Å²) < 4.78 is 83.5. The molecule has 0 saturated carbocycles. The van der Waals surface area contributed by atoms with E-state index in [4.69, 9.17) is 5.73 Å². The first-order chi connectivity index (χ1) is 9.99. The van der Waals surface area contributed by atoms with E-state index in [1.165, 1.54) is 0 Å². The molecule has 0 atom stereocenters. The van der Waals surface area contributed by atoms with Crippen LogP contribution >= 0.6 is 0 Å². The minimum absolute atomic E-state index is 0.263. The van der Waals surface area contributed by atoms with Gasteiger partial charge in [0.1, 0.15) is 5.56 Å². The van der Waals surface area contributed by atoms with Crippen molar-refractivity contribution in [3.63, 3.8) is 0 Å². The van der Waals surface area contributed by atoms with Gasteiger partial charge < -0.3 is 15.2 Å². The van der Waals surface area contributed by atoms with E-state index in [2.05, 4.69) is 14.5 Å². The number of nitrogens with two attached hydrogens (primary N) is 1.